The van der Waals surface area contributed by atoms with Gasteiger partial charge >= 0.3 is 0 Å². The maximum Gasteiger partial charge on any atom is 0.125 e. The summed E-state index contributed by atoms with van der Waals surface area (Å²) in [6, 6.07) is 1.96. The standard InChI is InChI=1S/C9H11N3OS/c1-6-3-7(5-14-6)9(13)8-4-10-12(2)11-8/h3-5,9,13H,1-2H3. The molecule has 0 fully saturated rings. The minimum absolute atomic E-state index is 0.588. The molecule has 0 bridgehead atoms. The SMILES string of the molecule is Cc1cc(C(O)c2cnn(C)n2)cs1. The molecule has 74 valence electrons. The molecular weight excluding hydrogens is 198 g/mol. The molecule has 2 aromatic heterocycles. The van der Waals surface area contributed by atoms with Crippen LogP contribution in [0.1, 0.15) is 22.2 Å². The highest BCUT2D eigenvalue weighted by atomic mass is 32.1. The lowest BCUT2D eigenvalue weighted by atomic mass is 10.1. The van der Waals surface area contributed by atoms with E-state index in [0.29, 0.717) is 5.69 Å². The van der Waals surface area contributed by atoms with Gasteiger partial charge < -0.3 is 5.11 Å². The smallest absolute Gasteiger partial charge is 0.125 e. The Hall–Kier alpha value is -1.20. The molecule has 0 spiro atoms. The van der Waals surface area contributed by atoms with Gasteiger partial charge in [0, 0.05) is 11.9 Å². The molecule has 0 saturated heterocycles. The second-order valence-electron chi connectivity index (χ2n) is 3.15. The molecule has 1 atom stereocenters. The van der Waals surface area contributed by atoms with E-state index in [1.165, 1.54) is 9.67 Å². The first-order valence-electron chi connectivity index (χ1n) is 4.26. The summed E-state index contributed by atoms with van der Waals surface area (Å²) < 4.78 is 0. The number of rotatable bonds is 2. The first-order chi connectivity index (χ1) is 6.66. The molecule has 0 aliphatic carbocycles. The van der Waals surface area contributed by atoms with Gasteiger partial charge in [-0.15, -0.1) is 11.3 Å². The number of hydrogen-bond acceptors (Lipinski definition) is 4. The van der Waals surface area contributed by atoms with Gasteiger partial charge in [-0.2, -0.15) is 15.0 Å². The van der Waals surface area contributed by atoms with Crippen molar-refractivity contribution >= 4 is 11.3 Å². The van der Waals surface area contributed by atoms with E-state index < -0.39 is 6.10 Å². The normalized spacial score (nSPS) is 13.1. The van der Waals surface area contributed by atoms with Gasteiger partial charge in [0.2, 0.25) is 0 Å². The Morgan fingerprint density at radius 3 is 2.86 bits per heavy atom. The molecule has 0 saturated carbocycles. The van der Waals surface area contributed by atoms with E-state index in [2.05, 4.69) is 10.2 Å². The van der Waals surface area contributed by atoms with Crippen molar-refractivity contribution in [3.8, 4) is 0 Å². The lowest BCUT2D eigenvalue weighted by Gasteiger charge is -2.03. The van der Waals surface area contributed by atoms with Crippen LogP contribution in [0.5, 0.6) is 0 Å². The zero-order valence-corrected chi connectivity index (χ0v) is 8.82. The number of aryl methyl sites for hydroxylation is 2. The van der Waals surface area contributed by atoms with Crippen LogP contribution >= 0.6 is 11.3 Å². The second-order valence-corrected chi connectivity index (χ2v) is 4.27. The van der Waals surface area contributed by atoms with E-state index in [-0.39, 0.29) is 0 Å². The van der Waals surface area contributed by atoms with Crippen LogP contribution in [0.2, 0.25) is 0 Å². The largest absolute Gasteiger partial charge is 0.382 e. The first kappa shape index (κ1) is 9.36. The number of hydrogen-bond donors (Lipinski definition) is 1. The van der Waals surface area contributed by atoms with E-state index in [0.717, 1.165) is 5.56 Å². The fourth-order valence-corrected chi connectivity index (χ4v) is 1.99. The van der Waals surface area contributed by atoms with Crippen molar-refractivity contribution in [2.45, 2.75) is 13.0 Å². The van der Waals surface area contributed by atoms with E-state index in [4.69, 9.17) is 0 Å². The highest BCUT2D eigenvalue weighted by Crippen LogP contribution is 2.24. The third kappa shape index (κ3) is 1.69. The van der Waals surface area contributed by atoms with Crippen LogP contribution < -0.4 is 0 Å². The monoisotopic (exact) mass is 209 g/mol. The predicted molar refractivity (Wildman–Crippen MR) is 54.1 cm³/mol. The maximum absolute atomic E-state index is 9.91. The molecule has 0 aromatic carbocycles. The summed E-state index contributed by atoms with van der Waals surface area (Å²) in [5, 5.41) is 19.8. The van der Waals surface area contributed by atoms with Gasteiger partial charge in [-0.3, -0.25) is 0 Å². The minimum Gasteiger partial charge on any atom is -0.382 e. The number of thiophene rings is 1. The Morgan fingerprint density at radius 2 is 2.36 bits per heavy atom. The lowest BCUT2D eigenvalue weighted by Crippen LogP contribution is -2.00. The van der Waals surface area contributed by atoms with E-state index in [9.17, 15) is 5.11 Å². The zero-order valence-electron chi connectivity index (χ0n) is 8.01. The Balaban J connectivity index is 2.28. The van der Waals surface area contributed by atoms with Gasteiger partial charge in [-0.1, -0.05) is 0 Å². The Morgan fingerprint density at radius 1 is 1.57 bits per heavy atom. The Bertz CT molecular complexity index is 394. The van der Waals surface area contributed by atoms with Crippen LogP contribution in [0.15, 0.2) is 17.6 Å². The van der Waals surface area contributed by atoms with Crippen LogP contribution in [-0.2, 0) is 7.05 Å². The Labute approximate surface area is 85.8 Å². The molecule has 0 aliphatic heterocycles. The molecular formula is C9H11N3OS. The summed E-state index contributed by atoms with van der Waals surface area (Å²) in [5.74, 6) is 0. The number of aliphatic hydroxyl groups is 1. The lowest BCUT2D eigenvalue weighted by molar-refractivity contribution is 0.215. The Kier molecular flexibility index (Phi) is 2.35. The molecule has 0 radical (unpaired) electrons. The zero-order chi connectivity index (χ0) is 10.1. The van der Waals surface area contributed by atoms with Gasteiger partial charge in [-0.25, -0.2) is 0 Å². The van der Waals surface area contributed by atoms with Crippen molar-refractivity contribution in [1.29, 1.82) is 0 Å². The fourth-order valence-electron chi connectivity index (χ4n) is 1.26. The number of aliphatic hydroxyl groups excluding tert-OH is 1. The van der Waals surface area contributed by atoms with E-state index in [1.54, 1.807) is 24.6 Å². The fraction of sp³-hybridized carbons (Fsp3) is 0.333. The first-order valence-corrected chi connectivity index (χ1v) is 5.14. The number of nitrogens with zero attached hydrogens (tertiary/aromatic N) is 3. The van der Waals surface area contributed by atoms with Gasteiger partial charge in [0.05, 0.1) is 6.20 Å². The molecule has 5 heteroatoms. The van der Waals surface area contributed by atoms with Gasteiger partial charge in [-0.05, 0) is 23.9 Å². The minimum atomic E-state index is -0.659. The molecule has 2 heterocycles. The van der Waals surface area contributed by atoms with Crippen LogP contribution in [0.25, 0.3) is 0 Å². The molecule has 1 N–H and O–H groups in total. The summed E-state index contributed by atoms with van der Waals surface area (Å²) in [7, 11) is 1.73. The average Bonchev–Trinajstić information content (AvgIpc) is 2.73. The second kappa shape index (κ2) is 3.51. The maximum atomic E-state index is 9.91. The van der Waals surface area contributed by atoms with Crippen LogP contribution in [0, 0.1) is 6.92 Å². The molecule has 4 nitrogen and oxygen atoms in total. The van der Waals surface area contributed by atoms with Crippen LogP contribution in [0.3, 0.4) is 0 Å². The van der Waals surface area contributed by atoms with E-state index in [1.807, 2.05) is 18.4 Å². The predicted octanol–water partition coefficient (Wildman–Crippen LogP) is 1.27. The van der Waals surface area contributed by atoms with Gasteiger partial charge in [0.25, 0.3) is 0 Å². The summed E-state index contributed by atoms with van der Waals surface area (Å²) in [5.41, 5.74) is 1.47. The van der Waals surface area contributed by atoms with E-state index >= 15 is 0 Å². The molecule has 2 aromatic rings. The highest BCUT2D eigenvalue weighted by Gasteiger charge is 2.14. The summed E-state index contributed by atoms with van der Waals surface area (Å²) in [6.07, 6.45) is 0.922. The summed E-state index contributed by atoms with van der Waals surface area (Å²) >= 11 is 1.62. The van der Waals surface area contributed by atoms with Crippen molar-refractivity contribution in [1.82, 2.24) is 15.0 Å². The van der Waals surface area contributed by atoms with Gasteiger partial charge in [0.1, 0.15) is 11.8 Å². The molecule has 0 amide bonds. The van der Waals surface area contributed by atoms with Crippen LogP contribution in [0.4, 0.5) is 0 Å². The molecule has 2 rings (SSSR count). The molecule has 1 unspecified atom stereocenters. The van der Waals surface area contributed by atoms with Crippen molar-refractivity contribution < 1.29 is 5.11 Å². The van der Waals surface area contributed by atoms with Gasteiger partial charge in [0.15, 0.2) is 0 Å². The quantitative estimate of drug-likeness (QED) is 0.810. The third-order valence-electron chi connectivity index (χ3n) is 1.96. The van der Waals surface area contributed by atoms with Crippen molar-refractivity contribution in [2.24, 2.45) is 7.05 Å². The summed E-state index contributed by atoms with van der Waals surface area (Å²) in [6.45, 7) is 2.01. The molecule has 14 heavy (non-hydrogen) atoms. The summed E-state index contributed by atoms with van der Waals surface area (Å²) in [4.78, 5) is 2.63. The van der Waals surface area contributed by atoms with Crippen LogP contribution in [-0.4, -0.2) is 20.1 Å². The van der Waals surface area contributed by atoms with Crippen molar-refractivity contribution in [3.05, 3.63) is 33.8 Å². The highest BCUT2D eigenvalue weighted by molar-refractivity contribution is 7.10. The van der Waals surface area contributed by atoms with Crippen molar-refractivity contribution in [3.63, 3.8) is 0 Å². The number of aromatic nitrogens is 3. The topological polar surface area (TPSA) is 50.9 Å². The average molecular weight is 209 g/mol. The third-order valence-corrected chi connectivity index (χ3v) is 2.84. The molecule has 0 aliphatic rings. The van der Waals surface area contributed by atoms with Crippen molar-refractivity contribution in [2.75, 3.05) is 0 Å².